The minimum absolute atomic E-state index is 0.101. The van der Waals surface area contributed by atoms with Crippen LogP contribution in [-0.4, -0.2) is 25.8 Å². The van der Waals surface area contributed by atoms with Gasteiger partial charge in [-0.15, -0.1) is 11.8 Å². The molecule has 0 saturated carbocycles. The lowest BCUT2D eigenvalue weighted by Gasteiger charge is -2.23. The number of carbonyl (C=O) groups is 1. The summed E-state index contributed by atoms with van der Waals surface area (Å²) >= 11 is 14.0. The normalized spacial score (nSPS) is 12.2. The molecule has 0 bridgehead atoms. The molecule has 0 unspecified atom stereocenters. The van der Waals surface area contributed by atoms with Crippen molar-refractivity contribution in [1.82, 2.24) is 9.97 Å². The molecular weight excluding hydrogens is 539 g/mol. The third-order valence-electron chi connectivity index (χ3n) is 6.11. The average Bonchev–Trinajstić information content (AvgIpc) is 3.15. The number of carboxylic acids is 1. The highest BCUT2D eigenvalue weighted by atomic mass is 35.5. The minimum Gasteiger partial charge on any atom is -0.487 e. The van der Waals surface area contributed by atoms with Gasteiger partial charge in [0.15, 0.2) is 0 Å². The number of rotatable bonds is 9. The van der Waals surface area contributed by atoms with E-state index in [1.807, 2.05) is 48.5 Å². The fourth-order valence-electron chi connectivity index (χ4n) is 4.22. The zero-order valence-corrected chi connectivity index (χ0v) is 24.5. The second kappa shape index (κ2) is 11.2. The lowest BCUT2D eigenvalue weighted by Crippen LogP contribution is -2.26. The fraction of sp³-hybridized carbons (Fsp3) is 0.333. The Morgan fingerprint density at radius 2 is 1.74 bits per heavy atom. The lowest BCUT2D eigenvalue weighted by atomic mass is 9.88. The third kappa shape index (κ3) is 6.85. The van der Waals surface area contributed by atoms with Crippen molar-refractivity contribution in [3.63, 3.8) is 0 Å². The Kier molecular flexibility index (Phi) is 8.36. The molecule has 200 valence electrons. The van der Waals surface area contributed by atoms with E-state index < -0.39 is 11.4 Å². The highest BCUT2D eigenvalue weighted by molar-refractivity contribution is 8.00. The molecule has 0 radical (unpaired) electrons. The summed E-state index contributed by atoms with van der Waals surface area (Å²) in [5.74, 6) is -0.0877. The summed E-state index contributed by atoms with van der Waals surface area (Å²) in [4.78, 5) is 21.0. The molecule has 0 aliphatic carbocycles. The van der Waals surface area contributed by atoms with Crippen LogP contribution in [0.15, 0.2) is 59.5 Å². The molecule has 38 heavy (non-hydrogen) atoms. The van der Waals surface area contributed by atoms with Crippen molar-refractivity contribution in [1.29, 1.82) is 0 Å². The van der Waals surface area contributed by atoms with Gasteiger partial charge in [0.2, 0.25) is 0 Å². The van der Waals surface area contributed by atoms with Crippen LogP contribution in [-0.2, 0) is 24.2 Å². The second-order valence-electron chi connectivity index (χ2n) is 11.0. The maximum Gasteiger partial charge on any atom is 0.309 e. The van der Waals surface area contributed by atoms with E-state index in [0.29, 0.717) is 23.0 Å². The van der Waals surface area contributed by atoms with Gasteiger partial charge in [-0.3, -0.25) is 4.79 Å². The van der Waals surface area contributed by atoms with Crippen LogP contribution in [0.1, 0.15) is 57.1 Å². The number of ether oxygens (including phenoxy) is 1. The summed E-state index contributed by atoms with van der Waals surface area (Å²) in [6.45, 7) is 10.3. The Hall–Kier alpha value is -2.67. The van der Waals surface area contributed by atoms with Crippen molar-refractivity contribution in [2.45, 2.75) is 63.7 Å². The van der Waals surface area contributed by atoms with Crippen LogP contribution in [0.2, 0.25) is 10.2 Å². The first-order valence-corrected chi connectivity index (χ1v) is 14.0. The summed E-state index contributed by atoms with van der Waals surface area (Å²) in [5.41, 5.74) is 3.78. The van der Waals surface area contributed by atoms with Crippen LogP contribution in [0.4, 0.5) is 0 Å². The fourth-order valence-corrected chi connectivity index (χ4v) is 5.72. The highest BCUT2D eigenvalue weighted by Crippen LogP contribution is 2.45. The average molecular weight is 572 g/mol. The summed E-state index contributed by atoms with van der Waals surface area (Å²) < 4.78 is 6.25. The Morgan fingerprint density at radius 1 is 1.03 bits per heavy atom. The van der Waals surface area contributed by atoms with Crippen molar-refractivity contribution >= 4 is 51.8 Å². The molecule has 0 amide bonds. The van der Waals surface area contributed by atoms with Gasteiger partial charge in [0.05, 0.1) is 11.1 Å². The number of benzene rings is 2. The van der Waals surface area contributed by atoms with Gasteiger partial charge >= 0.3 is 5.97 Å². The first kappa shape index (κ1) is 28.3. The first-order valence-electron chi connectivity index (χ1n) is 12.4. The zero-order chi connectivity index (χ0) is 27.7. The molecule has 0 saturated heterocycles. The number of hydrogen-bond acceptors (Lipinski definition) is 4. The van der Waals surface area contributed by atoms with Crippen molar-refractivity contribution in [2.24, 2.45) is 5.41 Å². The summed E-state index contributed by atoms with van der Waals surface area (Å²) in [7, 11) is 0. The van der Waals surface area contributed by atoms with Crippen molar-refractivity contribution in [3.05, 3.63) is 87.3 Å². The quantitative estimate of drug-likeness (QED) is 0.155. The Balaban J connectivity index is 1.88. The summed E-state index contributed by atoms with van der Waals surface area (Å²) in [6.07, 6.45) is 0.989. The predicted octanol–water partition coefficient (Wildman–Crippen LogP) is 8.58. The van der Waals surface area contributed by atoms with Crippen molar-refractivity contribution in [3.8, 4) is 5.75 Å². The molecule has 8 heteroatoms. The molecule has 2 heterocycles. The van der Waals surface area contributed by atoms with Gasteiger partial charge in [0.25, 0.3) is 0 Å². The number of nitrogens with zero attached hydrogens (tertiary/aromatic N) is 1. The van der Waals surface area contributed by atoms with E-state index in [9.17, 15) is 9.90 Å². The Bertz CT molecular complexity index is 1460. The van der Waals surface area contributed by atoms with Gasteiger partial charge < -0.3 is 14.8 Å². The number of pyridine rings is 1. The highest BCUT2D eigenvalue weighted by Gasteiger charge is 2.32. The van der Waals surface area contributed by atoms with Gasteiger partial charge in [-0.2, -0.15) is 0 Å². The van der Waals surface area contributed by atoms with Crippen molar-refractivity contribution in [2.75, 3.05) is 0 Å². The number of hydrogen-bond donors (Lipinski definition) is 2. The number of thioether (sulfide) groups is 1. The maximum atomic E-state index is 12.0. The van der Waals surface area contributed by atoms with E-state index in [1.165, 1.54) is 0 Å². The maximum absolute atomic E-state index is 12.0. The van der Waals surface area contributed by atoms with Crippen LogP contribution in [0.25, 0.3) is 10.9 Å². The smallest absolute Gasteiger partial charge is 0.309 e. The van der Waals surface area contributed by atoms with Crippen LogP contribution in [0, 0.1) is 5.41 Å². The standard InChI is InChI=1S/C30H32Cl2N2O3S/c1-29(2,3)38-27-23(16-30(4,5)28(35)36)34-22-13-14-24(37-17-20-7-6-8-25(32)33-20)21(26(22)27)15-18-9-11-19(31)12-10-18/h6-14,34H,15-17H2,1-5H3,(H,35,36). The minimum atomic E-state index is -0.929. The molecule has 5 nitrogen and oxygen atoms in total. The number of aromatic nitrogens is 2. The number of aromatic amines is 1. The first-order chi connectivity index (χ1) is 17.8. The molecule has 2 aromatic carbocycles. The van der Waals surface area contributed by atoms with Crippen LogP contribution in [0.5, 0.6) is 5.75 Å². The topological polar surface area (TPSA) is 75.2 Å². The van der Waals surface area contributed by atoms with E-state index in [2.05, 4.69) is 30.7 Å². The third-order valence-corrected chi connectivity index (χ3v) is 7.83. The van der Waals surface area contributed by atoms with Gasteiger partial charge in [0, 0.05) is 49.7 Å². The molecule has 4 rings (SSSR count). The number of aliphatic carboxylic acids is 1. The van der Waals surface area contributed by atoms with Crippen LogP contribution < -0.4 is 4.74 Å². The summed E-state index contributed by atoms with van der Waals surface area (Å²) in [5, 5.41) is 12.0. The Morgan fingerprint density at radius 3 is 2.37 bits per heavy atom. The second-order valence-corrected chi connectivity index (χ2v) is 13.7. The lowest BCUT2D eigenvalue weighted by molar-refractivity contribution is -0.146. The number of carboxylic acid groups (broad SMARTS) is 1. The van der Waals surface area contributed by atoms with E-state index in [4.69, 9.17) is 27.9 Å². The van der Waals surface area contributed by atoms with Gasteiger partial charge in [0.1, 0.15) is 17.5 Å². The largest absolute Gasteiger partial charge is 0.487 e. The predicted molar refractivity (Wildman–Crippen MR) is 157 cm³/mol. The molecule has 2 aromatic heterocycles. The molecule has 0 aliphatic heterocycles. The van der Waals surface area contributed by atoms with E-state index >= 15 is 0 Å². The molecule has 0 fully saturated rings. The molecule has 0 atom stereocenters. The van der Waals surface area contributed by atoms with E-state index in [0.717, 1.165) is 44.1 Å². The number of fused-ring (bicyclic) bond motifs is 1. The summed E-state index contributed by atoms with van der Waals surface area (Å²) in [6, 6.07) is 17.2. The Labute approximate surface area is 237 Å². The SMILES string of the molecule is CC(C)(C)Sc1c(CC(C)(C)C(=O)O)[nH]c2ccc(OCc3cccc(Cl)n3)c(Cc3ccc(Cl)cc3)c12. The number of halogens is 2. The van der Waals surface area contributed by atoms with Crippen LogP contribution >= 0.6 is 35.0 Å². The van der Waals surface area contributed by atoms with Crippen LogP contribution in [0.3, 0.4) is 0 Å². The molecular formula is C30H32Cl2N2O3S. The molecule has 0 aliphatic rings. The number of nitrogens with one attached hydrogen (secondary N) is 1. The van der Waals surface area contributed by atoms with Crippen molar-refractivity contribution < 1.29 is 14.6 Å². The zero-order valence-electron chi connectivity index (χ0n) is 22.2. The van der Waals surface area contributed by atoms with Gasteiger partial charge in [-0.25, -0.2) is 4.98 Å². The molecule has 2 N–H and O–H groups in total. The van der Waals surface area contributed by atoms with E-state index in [-0.39, 0.29) is 11.4 Å². The monoisotopic (exact) mass is 570 g/mol. The molecule has 4 aromatic rings. The van der Waals surface area contributed by atoms with Gasteiger partial charge in [-0.05, 0) is 55.8 Å². The molecule has 0 spiro atoms. The van der Waals surface area contributed by atoms with E-state index in [1.54, 1.807) is 31.7 Å². The number of H-pyrrole nitrogens is 1. The van der Waals surface area contributed by atoms with Gasteiger partial charge in [-0.1, -0.05) is 62.2 Å².